The van der Waals surface area contributed by atoms with E-state index in [2.05, 4.69) is 6.58 Å². The molecule has 0 N–H and O–H groups in total. The average molecular weight is 283 g/mol. The van der Waals surface area contributed by atoms with Crippen molar-refractivity contribution in [2.45, 2.75) is 0 Å². The number of halogens is 1. The fraction of sp³-hybridized carbons (Fsp3) is 0. The van der Waals surface area contributed by atoms with E-state index >= 15 is 0 Å². The molecular weight excluding hydrogens is 272 g/mol. The number of carbonyl (C=O) groups is 1. The first-order valence-corrected chi connectivity index (χ1v) is 6.50. The van der Waals surface area contributed by atoms with Crippen LogP contribution in [0.5, 0.6) is 0 Å². The molecule has 0 bridgehead atoms. The lowest BCUT2D eigenvalue weighted by atomic mass is 10.1. The maximum Gasteiger partial charge on any atom is 0.178 e. The Morgan fingerprint density at radius 2 is 1.75 bits per heavy atom. The van der Waals surface area contributed by atoms with Gasteiger partial charge in [0.1, 0.15) is 6.29 Å². The first-order chi connectivity index (χ1) is 9.69. The van der Waals surface area contributed by atoms with Gasteiger partial charge in [0.15, 0.2) is 11.5 Å². The van der Waals surface area contributed by atoms with Crippen LogP contribution >= 0.6 is 11.6 Å². The first-order valence-electron chi connectivity index (χ1n) is 6.12. The third-order valence-electron chi connectivity index (χ3n) is 3.11. The Hall–Kier alpha value is -2.32. The predicted octanol–water partition coefficient (Wildman–Crippen LogP) is 4.56. The quantitative estimate of drug-likeness (QED) is 0.769. The summed E-state index contributed by atoms with van der Waals surface area (Å²) < 4.78 is 5.55. The minimum Gasteiger partial charge on any atom is -0.448 e. The molecule has 2 nitrogen and oxygen atoms in total. The van der Waals surface area contributed by atoms with Crippen molar-refractivity contribution in [3.05, 3.63) is 77.4 Å². The van der Waals surface area contributed by atoms with Gasteiger partial charge in [-0.2, -0.15) is 0 Å². The summed E-state index contributed by atoms with van der Waals surface area (Å²) in [4.78, 5) is 10.8. The molecule has 98 valence electrons. The van der Waals surface area contributed by atoms with Gasteiger partial charge in [-0.25, -0.2) is 0 Å². The summed E-state index contributed by atoms with van der Waals surface area (Å²) in [7, 11) is 0. The fourth-order valence-corrected chi connectivity index (χ4v) is 2.14. The number of hydrogen-bond donors (Lipinski definition) is 0. The van der Waals surface area contributed by atoms with Crippen molar-refractivity contribution in [3.8, 4) is 0 Å². The zero-order valence-electron chi connectivity index (χ0n) is 10.6. The minimum atomic E-state index is 0.515. The van der Waals surface area contributed by atoms with E-state index in [1.165, 1.54) is 0 Å². The van der Waals surface area contributed by atoms with Crippen LogP contribution in [0.3, 0.4) is 0 Å². The van der Waals surface area contributed by atoms with Gasteiger partial charge in [-0.3, -0.25) is 4.79 Å². The highest BCUT2D eigenvalue weighted by Crippen LogP contribution is 2.43. The molecule has 0 radical (unpaired) electrons. The van der Waals surface area contributed by atoms with Gasteiger partial charge in [0.05, 0.1) is 0 Å². The van der Waals surface area contributed by atoms with Gasteiger partial charge in [-0.05, 0) is 11.6 Å². The number of rotatable bonds is 4. The lowest BCUT2D eigenvalue weighted by Crippen LogP contribution is -1.80. The van der Waals surface area contributed by atoms with E-state index in [4.69, 9.17) is 16.3 Å². The Kier molecular flexibility index (Phi) is 3.17. The van der Waals surface area contributed by atoms with E-state index < -0.39 is 0 Å². The second-order valence-electron chi connectivity index (χ2n) is 4.49. The van der Waals surface area contributed by atoms with Crippen LogP contribution in [0.4, 0.5) is 0 Å². The fourth-order valence-electron chi connectivity index (χ4n) is 2.01. The Labute approximate surface area is 122 Å². The van der Waals surface area contributed by atoms with Gasteiger partial charge in [-0.1, -0.05) is 60.6 Å². The van der Waals surface area contributed by atoms with Crippen molar-refractivity contribution in [2.24, 2.45) is 0 Å². The molecule has 0 aliphatic carbocycles. The largest absolute Gasteiger partial charge is 0.448 e. The maximum absolute atomic E-state index is 10.8. The third-order valence-corrected chi connectivity index (χ3v) is 3.33. The summed E-state index contributed by atoms with van der Waals surface area (Å²) in [5.41, 5.74) is 3.42. The Morgan fingerprint density at radius 3 is 2.40 bits per heavy atom. The van der Waals surface area contributed by atoms with E-state index in [0.717, 1.165) is 34.5 Å². The summed E-state index contributed by atoms with van der Waals surface area (Å²) >= 11 is 5.84. The predicted molar refractivity (Wildman–Crippen MR) is 81.1 cm³/mol. The van der Waals surface area contributed by atoms with Crippen LogP contribution in [0.2, 0.25) is 0 Å². The number of hydrogen-bond acceptors (Lipinski definition) is 2. The van der Waals surface area contributed by atoms with E-state index in [1.54, 1.807) is 6.07 Å². The summed E-state index contributed by atoms with van der Waals surface area (Å²) in [5, 5.41) is 0.515. The van der Waals surface area contributed by atoms with Gasteiger partial charge in [0.2, 0.25) is 0 Å². The smallest absolute Gasteiger partial charge is 0.178 e. The first kappa shape index (κ1) is 12.7. The standard InChI is InChI=1S/C17H11ClO2/c1-11(18)13-5-7-14(8-6-13)16-17(20-16)15-4-2-3-12(9-15)10-19/h2-10H,1H2. The highest BCUT2D eigenvalue weighted by atomic mass is 35.5. The molecular formula is C17H11ClO2. The number of ether oxygens (including phenoxy) is 1. The van der Waals surface area contributed by atoms with Crippen LogP contribution in [0, 0.1) is 0 Å². The van der Waals surface area contributed by atoms with Crippen LogP contribution < -0.4 is 0 Å². The van der Waals surface area contributed by atoms with E-state index in [1.807, 2.05) is 42.5 Å². The highest BCUT2D eigenvalue weighted by Gasteiger charge is 2.28. The van der Waals surface area contributed by atoms with Crippen molar-refractivity contribution in [3.63, 3.8) is 0 Å². The molecule has 0 amide bonds. The van der Waals surface area contributed by atoms with Gasteiger partial charge in [-0.15, -0.1) is 0 Å². The Balaban J connectivity index is 1.91. The maximum atomic E-state index is 10.8. The van der Waals surface area contributed by atoms with Gasteiger partial charge >= 0.3 is 0 Å². The Bertz CT molecular complexity index is 727. The SMILES string of the molecule is C=C(Cl)c1ccc(C2=C(c3cccc(C=O)c3)O2)cc1. The molecule has 1 aliphatic rings. The van der Waals surface area contributed by atoms with Gasteiger partial charge < -0.3 is 4.74 Å². The molecule has 1 aliphatic heterocycles. The van der Waals surface area contributed by atoms with E-state index in [0.29, 0.717) is 10.6 Å². The topological polar surface area (TPSA) is 29.6 Å². The molecule has 3 heteroatoms. The van der Waals surface area contributed by atoms with Crippen molar-refractivity contribution in [2.75, 3.05) is 0 Å². The molecule has 0 atom stereocenters. The Morgan fingerprint density at radius 1 is 1.05 bits per heavy atom. The average Bonchev–Trinajstić information content (AvgIpc) is 3.28. The number of carbonyl (C=O) groups excluding carboxylic acids is 1. The van der Waals surface area contributed by atoms with Crippen LogP contribution in [-0.2, 0) is 4.74 Å². The molecule has 0 saturated carbocycles. The third kappa shape index (κ3) is 2.38. The van der Waals surface area contributed by atoms with Crippen LogP contribution in [0.25, 0.3) is 16.6 Å². The molecule has 2 aromatic carbocycles. The van der Waals surface area contributed by atoms with Crippen molar-refractivity contribution in [1.29, 1.82) is 0 Å². The minimum absolute atomic E-state index is 0.515. The molecule has 0 aromatic heterocycles. The summed E-state index contributed by atoms with van der Waals surface area (Å²) in [6.07, 6.45) is 0.826. The van der Waals surface area contributed by atoms with Crippen molar-refractivity contribution in [1.82, 2.24) is 0 Å². The van der Waals surface area contributed by atoms with E-state index in [9.17, 15) is 4.79 Å². The van der Waals surface area contributed by atoms with Crippen LogP contribution in [-0.4, -0.2) is 6.29 Å². The van der Waals surface area contributed by atoms with Crippen molar-refractivity contribution < 1.29 is 9.53 Å². The van der Waals surface area contributed by atoms with Crippen LogP contribution in [0.15, 0.2) is 55.1 Å². The molecule has 3 rings (SSSR count). The summed E-state index contributed by atoms with van der Waals surface area (Å²) in [6, 6.07) is 15.0. The molecule has 20 heavy (non-hydrogen) atoms. The lowest BCUT2D eigenvalue weighted by Gasteiger charge is -1.97. The number of aldehydes is 1. The normalized spacial score (nSPS) is 12.8. The monoisotopic (exact) mass is 282 g/mol. The lowest BCUT2D eigenvalue weighted by molar-refractivity contribution is 0.112. The van der Waals surface area contributed by atoms with Gasteiger partial charge in [0.25, 0.3) is 0 Å². The summed E-state index contributed by atoms with van der Waals surface area (Å²) in [6.45, 7) is 3.69. The zero-order valence-corrected chi connectivity index (χ0v) is 11.4. The zero-order chi connectivity index (χ0) is 14.1. The second-order valence-corrected chi connectivity index (χ2v) is 4.94. The number of benzene rings is 2. The molecule has 2 aromatic rings. The molecule has 0 spiro atoms. The van der Waals surface area contributed by atoms with Crippen LogP contribution in [0.1, 0.15) is 27.0 Å². The highest BCUT2D eigenvalue weighted by molar-refractivity contribution is 6.48. The molecule has 0 unspecified atom stereocenters. The van der Waals surface area contributed by atoms with Gasteiger partial charge in [0, 0.05) is 21.7 Å². The molecule has 0 fully saturated rings. The summed E-state index contributed by atoms with van der Waals surface area (Å²) in [5.74, 6) is 1.64. The molecule has 1 heterocycles. The van der Waals surface area contributed by atoms with Crippen molar-refractivity contribution >= 4 is 34.4 Å². The molecule has 0 saturated heterocycles. The second kappa shape index (κ2) is 4.99. The van der Waals surface area contributed by atoms with E-state index in [-0.39, 0.29) is 0 Å².